The van der Waals surface area contributed by atoms with Gasteiger partial charge in [0.15, 0.2) is 11.5 Å². The zero-order valence-corrected chi connectivity index (χ0v) is 22.2. The Morgan fingerprint density at radius 1 is 1.00 bits per heavy atom. The molecule has 0 bridgehead atoms. The molecule has 1 aliphatic heterocycles. The van der Waals surface area contributed by atoms with Gasteiger partial charge in [0.2, 0.25) is 5.91 Å². The summed E-state index contributed by atoms with van der Waals surface area (Å²) in [5.74, 6) is 1.03. The number of anilines is 1. The van der Waals surface area contributed by atoms with E-state index in [-0.39, 0.29) is 11.9 Å². The lowest BCUT2D eigenvalue weighted by molar-refractivity contribution is -0.117. The summed E-state index contributed by atoms with van der Waals surface area (Å²) in [4.78, 5) is 28.2. The molecule has 1 saturated heterocycles. The highest BCUT2D eigenvalue weighted by Crippen LogP contribution is 2.32. The molecule has 8 heteroatoms. The van der Waals surface area contributed by atoms with E-state index in [9.17, 15) is 4.79 Å². The third kappa shape index (κ3) is 5.21. The van der Waals surface area contributed by atoms with Crippen molar-refractivity contribution < 1.29 is 4.79 Å². The summed E-state index contributed by atoms with van der Waals surface area (Å²) in [6.45, 7) is 6.27. The average Bonchev–Trinajstić information content (AvgIpc) is 3.37. The van der Waals surface area contributed by atoms with Crippen LogP contribution in [0.5, 0.6) is 0 Å². The number of amides is 1. The maximum atomic E-state index is 11.6. The minimum absolute atomic E-state index is 0.0979. The topological polar surface area (TPSA) is 102 Å². The smallest absolute Gasteiger partial charge is 0.243 e. The number of carbonyl (C=O) groups is 1. The maximum absolute atomic E-state index is 11.6. The molecule has 1 fully saturated rings. The van der Waals surface area contributed by atoms with Crippen molar-refractivity contribution >= 4 is 22.9 Å². The Hall–Kier alpha value is -4.82. The van der Waals surface area contributed by atoms with Crippen LogP contribution in [0.1, 0.15) is 18.4 Å². The van der Waals surface area contributed by atoms with Crippen molar-refractivity contribution in [2.45, 2.75) is 25.4 Å². The summed E-state index contributed by atoms with van der Waals surface area (Å²) in [7, 11) is 0. The third-order valence-corrected chi connectivity index (χ3v) is 7.40. The molecule has 8 nitrogen and oxygen atoms in total. The second kappa shape index (κ2) is 11.1. The first kappa shape index (κ1) is 25.5. The summed E-state index contributed by atoms with van der Waals surface area (Å²) in [6.07, 6.45) is 6.78. The fraction of sp³-hybridized carbons (Fsp3) is 0.188. The van der Waals surface area contributed by atoms with Gasteiger partial charge >= 0.3 is 0 Å². The molecule has 0 aliphatic carbocycles. The lowest BCUT2D eigenvalue weighted by Crippen LogP contribution is -2.43. The zero-order chi connectivity index (χ0) is 27.5. The van der Waals surface area contributed by atoms with Crippen molar-refractivity contribution in [2.24, 2.45) is 0 Å². The molecule has 200 valence electrons. The van der Waals surface area contributed by atoms with Gasteiger partial charge in [0.25, 0.3) is 0 Å². The van der Waals surface area contributed by atoms with Gasteiger partial charge in [-0.15, -0.1) is 0 Å². The number of imidazole rings is 1. The molecule has 4 heterocycles. The largest absolute Gasteiger partial charge is 0.383 e. The number of benzene rings is 2. The second-order valence-corrected chi connectivity index (χ2v) is 10.1. The van der Waals surface area contributed by atoms with Crippen molar-refractivity contribution in [3.63, 3.8) is 0 Å². The Bertz CT molecular complexity index is 1650. The number of hydrogen-bond donors (Lipinski definition) is 2. The van der Waals surface area contributed by atoms with E-state index in [0.717, 1.165) is 66.0 Å². The second-order valence-electron chi connectivity index (χ2n) is 10.1. The van der Waals surface area contributed by atoms with Gasteiger partial charge in [0.1, 0.15) is 11.3 Å². The number of nitrogen functional groups attached to an aromatic ring is 1. The van der Waals surface area contributed by atoms with Gasteiger partial charge in [-0.3, -0.25) is 14.3 Å². The van der Waals surface area contributed by atoms with Crippen LogP contribution in [0.25, 0.3) is 39.4 Å². The SMILES string of the molecule is C=CC(=O)NC1CCN(Cc2ccc(-n3c(-c4cccnc4N)nc4cc(-c5ccccc5)cnc43)cc2)CC1. The fourth-order valence-electron chi connectivity index (χ4n) is 5.29. The van der Waals surface area contributed by atoms with E-state index in [1.54, 1.807) is 6.20 Å². The molecule has 0 radical (unpaired) electrons. The van der Waals surface area contributed by atoms with Gasteiger partial charge in [0, 0.05) is 49.3 Å². The van der Waals surface area contributed by atoms with E-state index in [1.807, 2.05) is 36.5 Å². The van der Waals surface area contributed by atoms with Crippen LogP contribution in [0.4, 0.5) is 5.82 Å². The van der Waals surface area contributed by atoms with E-state index in [1.165, 1.54) is 11.6 Å². The Labute approximate surface area is 233 Å². The number of aromatic nitrogens is 4. The average molecular weight is 530 g/mol. The first-order valence-corrected chi connectivity index (χ1v) is 13.5. The van der Waals surface area contributed by atoms with Crippen LogP contribution in [0.3, 0.4) is 0 Å². The Morgan fingerprint density at radius 3 is 2.50 bits per heavy atom. The number of hydrogen-bond acceptors (Lipinski definition) is 6. The standard InChI is InChI=1S/C32H31N7O/c1-2-29(40)36-25-14-17-38(18-15-25)21-22-10-12-26(13-11-22)39-31(27-9-6-16-34-30(27)33)37-28-19-24(20-35-32(28)39)23-7-4-3-5-8-23/h2-13,16,19-20,25H,1,14-15,17-18,21H2,(H2,33,34)(H,36,40). The quantitative estimate of drug-likeness (QED) is 0.288. The van der Waals surface area contributed by atoms with E-state index in [0.29, 0.717) is 11.6 Å². The molecule has 5 aromatic rings. The highest BCUT2D eigenvalue weighted by atomic mass is 16.1. The summed E-state index contributed by atoms with van der Waals surface area (Å²) >= 11 is 0. The summed E-state index contributed by atoms with van der Waals surface area (Å²) in [6, 6.07) is 24.8. The molecule has 1 aliphatic rings. The highest BCUT2D eigenvalue weighted by Gasteiger charge is 2.21. The molecule has 0 saturated carbocycles. The van der Waals surface area contributed by atoms with Crippen LogP contribution in [-0.4, -0.2) is 49.5 Å². The van der Waals surface area contributed by atoms with Crippen LogP contribution in [-0.2, 0) is 11.3 Å². The minimum Gasteiger partial charge on any atom is -0.383 e. The number of nitrogens with two attached hydrogens (primary N) is 1. The zero-order valence-electron chi connectivity index (χ0n) is 22.2. The van der Waals surface area contributed by atoms with Crippen LogP contribution < -0.4 is 11.1 Å². The normalized spacial score (nSPS) is 14.3. The third-order valence-electron chi connectivity index (χ3n) is 7.40. The van der Waals surface area contributed by atoms with Gasteiger partial charge < -0.3 is 11.1 Å². The molecule has 3 aromatic heterocycles. The lowest BCUT2D eigenvalue weighted by atomic mass is 10.0. The van der Waals surface area contributed by atoms with Crippen molar-refractivity contribution in [3.05, 3.63) is 103 Å². The number of likely N-dealkylation sites (tertiary alicyclic amines) is 1. The summed E-state index contributed by atoms with van der Waals surface area (Å²) in [5.41, 5.74) is 12.9. The van der Waals surface area contributed by atoms with Crippen LogP contribution in [0.2, 0.25) is 0 Å². The van der Waals surface area contributed by atoms with Crippen LogP contribution in [0.15, 0.2) is 97.8 Å². The van der Waals surface area contributed by atoms with Gasteiger partial charge in [-0.25, -0.2) is 15.0 Å². The van der Waals surface area contributed by atoms with E-state index in [4.69, 9.17) is 15.7 Å². The minimum atomic E-state index is -0.0979. The van der Waals surface area contributed by atoms with Gasteiger partial charge in [-0.1, -0.05) is 49.0 Å². The van der Waals surface area contributed by atoms with Gasteiger partial charge in [0.05, 0.1) is 5.56 Å². The summed E-state index contributed by atoms with van der Waals surface area (Å²) < 4.78 is 2.05. The molecule has 3 N–H and O–H groups in total. The molecule has 2 aromatic carbocycles. The maximum Gasteiger partial charge on any atom is 0.243 e. The van der Waals surface area contributed by atoms with E-state index >= 15 is 0 Å². The molecule has 6 rings (SSSR count). The van der Waals surface area contributed by atoms with E-state index < -0.39 is 0 Å². The Morgan fingerprint density at radius 2 is 1.77 bits per heavy atom. The molecular formula is C32H31N7O. The lowest BCUT2D eigenvalue weighted by Gasteiger charge is -2.32. The molecule has 1 amide bonds. The molecule has 0 unspecified atom stereocenters. The number of fused-ring (bicyclic) bond motifs is 1. The van der Waals surface area contributed by atoms with Crippen molar-refractivity contribution in [1.29, 1.82) is 0 Å². The highest BCUT2D eigenvalue weighted by molar-refractivity contribution is 5.87. The molecular weight excluding hydrogens is 498 g/mol. The van der Waals surface area contributed by atoms with Gasteiger partial charge in [-0.05, 0) is 60.4 Å². The number of pyridine rings is 2. The molecule has 40 heavy (non-hydrogen) atoms. The van der Waals surface area contributed by atoms with Crippen molar-refractivity contribution in [1.82, 2.24) is 29.7 Å². The van der Waals surface area contributed by atoms with E-state index in [2.05, 4.69) is 68.8 Å². The number of piperidine rings is 1. The number of nitrogens with one attached hydrogen (secondary N) is 1. The number of rotatable bonds is 7. The predicted octanol–water partition coefficient (Wildman–Crippen LogP) is 5.00. The summed E-state index contributed by atoms with van der Waals surface area (Å²) in [5, 5.41) is 3.01. The predicted molar refractivity (Wildman–Crippen MR) is 159 cm³/mol. The molecule has 0 spiro atoms. The van der Waals surface area contributed by atoms with Crippen molar-refractivity contribution in [3.8, 4) is 28.2 Å². The van der Waals surface area contributed by atoms with Gasteiger partial charge in [-0.2, -0.15) is 0 Å². The molecule has 0 atom stereocenters. The Kier molecular flexibility index (Phi) is 7.08. The monoisotopic (exact) mass is 529 g/mol. The Balaban J connectivity index is 1.29. The van der Waals surface area contributed by atoms with Crippen LogP contribution >= 0.6 is 0 Å². The number of nitrogens with zero attached hydrogens (tertiary/aromatic N) is 5. The van der Waals surface area contributed by atoms with Crippen molar-refractivity contribution in [2.75, 3.05) is 18.8 Å². The number of carbonyl (C=O) groups excluding carboxylic acids is 1. The fourth-order valence-corrected chi connectivity index (χ4v) is 5.29. The first-order chi connectivity index (χ1) is 19.6. The van der Waals surface area contributed by atoms with Crippen LogP contribution in [0, 0.1) is 0 Å². The first-order valence-electron chi connectivity index (χ1n) is 13.5.